The first-order chi connectivity index (χ1) is 11.2. The number of ether oxygens (including phenoxy) is 1. The van der Waals surface area contributed by atoms with E-state index in [1.165, 1.54) is 7.11 Å². The summed E-state index contributed by atoms with van der Waals surface area (Å²) in [7, 11) is 1.51. The van der Waals surface area contributed by atoms with Crippen molar-refractivity contribution in [3.8, 4) is 5.75 Å². The fraction of sp³-hybridized carbons (Fsp3) is 0.278. The maximum atomic E-state index is 12.7. The molecule has 2 aromatic carbocycles. The van der Waals surface area contributed by atoms with E-state index in [1.807, 2.05) is 30.3 Å². The zero-order chi connectivity index (χ0) is 16.7. The predicted molar refractivity (Wildman–Crippen MR) is 91.1 cm³/mol. The molecule has 0 heterocycles. The third kappa shape index (κ3) is 4.71. The van der Waals surface area contributed by atoms with Crippen LogP contribution in [0.1, 0.15) is 15.9 Å². The summed E-state index contributed by atoms with van der Waals surface area (Å²) in [5.74, 6) is 0.314. The summed E-state index contributed by atoms with van der Waals surface area (Å²) >= 11 is 5.99. The number of hydrogen-bond acceptors (Lipinski definition) is 3. The summed E-state index contributed by atoms with van der Waals surface area (Å²) in [4.78, 5) is 14.3. The topological polar surface area (TPSA) is 49.8 Å². The molecule has 2 aromatic rings. The number of methoxy groups -OCH3 is 1. The minimum atomic E-state index is -0.148. The van der Waals surface area contributed by atoms with E-state index in [9.17, 15) is 9.90 Å². The molecule has 0 aliphatic carbocycles. The Hall–Kier alpha value is -2.04. The van der Waals surface area contributed by atoms with Crippen LogP contribution in [0.2, 0.25) is 5.02 Å². The van der Waals surface area contributed by atoms with Crippen molar-refractivity contribution in [2.24, 2.45) is 0 Å². The Bertz CT molecular complexity index is 646. The van der Waals surface area contributed by atoms with E-state index in [0.717, 1.165) is 12.0 Å². The lowest BCUT2D eigenvalue weighted by Crippen LogP contribution is -2.35. The fourth-order valence-corrected chi connectivity index (χ4v) is 2.51. The van der Waals surface area contributed by atoms with Crippen LogP contribution in [0.4, 0.5) is 0 Å². The van der Waals surface area contributed by atoms with Crippen LogP contribution in [0.15, 0.2) is 48.5 Å². The van der Waals surface area contributed by atoms with Crippen molar-refractivity contribution in [2.75, 3.05) is 26.8 Å². The first-order valence-electron chi connectivity index (χ1n) is 7.43. The lowest BCUT2D eigenvalue weighted by Gasteiger charge is -2.22. The van der Waals surface area contributed by atoms with Gasteiger partial charge in [-0.2, -0.15) is 0 Å². The molecule has 0 unspecified atom stereocenters. The maximum Gasteiger partial charge on any atom is 0.254 e. The first-order valence-corrected chi connectivity index (χ1v) is 7.81. The van der Waals surface area contributed by atoms with Crippen molar-refractivity contribution in [3.63, 3.8) is 0 Å². The largest absolute Gasteiger partial charge is 0.495 e. The zero-order valence-electron chi connectivity index (χ0n) is 13.0. The third-order valence-corrected chi connectivity index (χ3v) is 3.88. The van der Waals surface area contributed by atoms with Crippen LogP contribution in [0.3, 0.4) is 0 Å². The molecule has 4 nitrogen and oxygen atoms in total. The second-order valence-corrected chi connectivity index (χ2v) is 5.51. The minimum Gasteiger partial charge on any atom is -0.495 e. The summed E-state index contributed by atoms with van der Waals surface area (Å²) in [6, 6.07) is 14.9. The lowest BCUT2D eigenvalue weighted by molar-refractivity contribution is 0.0723. The SMILES string of the molecule is COc1cc(C(=O)N(CCO)CCc2ccccc2)ccc1Cl. The highest BCUT2D eigenvalue weighted by Crippen LogP contribution is 2.25. The smallest absolute Gasteiger partial charge is 0.254 e. The quantitative estimate of drug-likeness (QED) is 0.847. The second kappa shape index (κ2) is 8.56. The van der Waals surface area contributed by atoms with Gasteiger partial charge in [-0.1, -0.05) is 41.9 Å². The van der Waals surface area contributed by atoms with Gasteiger partial charge in [0.2, 0.25) is 0 Å². The van der Waals surface area contributed by atoms with Crippen molar-refractivity contribution in [3.05, 3.63) is 64.7 Å². The highest BCUT2D eigenvalue weighted by atomic mass is 35.5. The number of amides is 1. The molecule has 0 saturated heterocycles. The molecule has 23 heavy (non-hydrogen) atoms. The summed E-state index contributed by atoms with van der Waals surface area (Å²) in [6.45, 7) is 0.746. The average Bonchev–Trinajstić information content (AvgIpc) is 2.59. The monoisotopic (exact) mass is 333 g/mol. The van der Waals surface area contributed by atoms with Gasteiger partial charge >= 0.3 is 0 Å². The highest BCUT2D eigenvalue weighted by Gasteiger charge is 2.17. The van der Waals surface area contributed by atoms with Crippen LogP contribution in [0.25, 0.3) is 0 Å². The number of benzene rings is 2. The van der Waals surface area contributed by atoms with E-state index in [1.54, 1.807) is 23.1 Å². The van der Waals surface area contributed by atoms with E-state index in [0.29, 0.717) is 22.9 Å². The average molecular weight is 334 g/mol. The number of rotatable bonds is 7. The lowest BCUT2D eigenvalue weighted by atomic mass is 10.1. The Balaban J connectivity index is 2.11. The molecule has 0 atom stereocenters. The van der Waals surface area contributed by atoms with Crippen molar-refractivity contribution >= 4 is 17.5 Å². The molecule has 0 aromatic heterocycles. The van der Waals surface area contributed by atoms with Gasteiger partial charge in [-0.05, 0) is 30.2 Å². The van der Waals surface area contributed by atoms with Gasteiger partial charge in [-0.3, -0.25) is 4.79 Å². The van der Waals surface area contributed by atoms with Crippen LogP contribution in [0.5, 0.6) is 5.75 Å². The van der Waals surface area contributed by atoms with Gasteiger partial charge in [0.15, 0.2) is 0 Å². The number of carbonyl (C=O) groups is 1. The van der Waals surface area contributed by atoms with Crippen molar-refractivity contribution < 1.29 is 14.6 Å². The van der Waals surface area contributed by atoms with Crippen LogP contribution in [-0.4, -0.2) is 42.7 Å². The molecule has 122 valence electrons. The molecule has 0 aliphatic rings. The number of carbonyl (C=O) groups excluding carboxylic acids is 1. The number of aliphatic hydroxyl groups excluding tert-OH is 1. The molecule has 2 rings (SSSR count). The predicted octanol–water partition coefficient (Wildman–Crippen LogP) is 3.03. The van der Waals surface area contributed by atoms with Gasteiger partial charge in [-0.15, -0.1) is 0 Å². The van der Waals surface area contributed by atoms with Crippen molar-refractivity contribution in [1.82, 2.24) is 4.90 Å². The Morgan fingerprint density at radius 3 is 2.57 bits per heavy atom. The standard InChI is InChI=1S/C18H20ClNO3/c1-23-17-13-15(7-8-16(17)19)18(22)20(11-12-21)10-9-14-5-3-2-4-6-14/h2-8,13,21H,9-12H2,1H3. The van der Waals surface area contributed by atoms with Gasteiger partial charge in [0.25, 0.3) is 5.91 Å². The van der Waals surface area contributed by atoms with Gasteiger partial charge in [0, 0.05) is 18.7 Å². The fourth-order valence-electron chi connectivity index (χ4n) is 2.32. The molecular formula is C18H20ClNO3. The molecular weight excluding hydrogens is 314 g/mol. The molecule has 5 heteroatoms. The zero-order valence-corrected chi connectivity index (χ0v) is 13.8. The number of halogens is 1. The summed E-state index contributed by atoms with van der Waals surface area (Å²) in [5.41, 5.74) is 1.64. The summed E-state index contributed by atoms with van der Waals surface area (Å²) < 4.78 is 5.15. The molecule has 0 bridgehead atoms. The molecule has 0 aliphatic heterocycles. The van der Waals surface area contributed by atoms with Crippen LogP contribution >= 0.6 is 11.6 Å². The van der Waals surface area contributed by atoms with Gasteiger partial charge < -0.3 is 14.7 Å². The number of aliphatic hydroxyl groups is 1. The third-order valence-electron chi connectivity index (χ3n) is 3.57. The summed E-state index contributed by atoms with van der Waals surface area (Å²) in [5, 5.41) is 9.70. The highest BCUT2D eigenvalue weighted by molar-refractivity contribution is 6.32. The Labute approximate surface area is 141 Å². The van der Waals surface area contributed by atoms with Gasteiger partial charge in [0.1, 0.15) is 5.75 Å². The number of hydrogen-bond donors (Lipinski definition) is 1. The first kappa shape index (κ1) is 17.3. The molecule has 0 saturated carbocycles. The Morgan fingerprint density at radius 1 is 1.17 bits per heavy atom. The van der Waals surface area contributed by atoms with E-state index in [4.69, 9.17) is 16.3 Å². The van der Waals surface area contributed by atoms with Crippen LogP contribution in [-0.2, 0) is 6.42 Å². The van der Waals surface area contributed by atoms with Crippen LogP contribution < -0.4 is 4.74 Å². The van der Waals surface area contributed by atoms with Gasteiger partial charge in [0.05, 0.1) is 18.7 Å². The number of nitrogens with zero attached hydrogens (tertiary/aromatic N) is 1. The Kier molecular flexibility index (Phi) is 6.44. The van der Waals surface area contributed by atoms with E-state index in [2.05, 4.69) is 0 Å². The molecule has 0 radical (unpaired) electrons. The van der Waals surface area contributed by atoms with Gasteiger partial charge in [-0.25, -0.2) is 0 Å². The van der Waals surface area contributed by atoms with E-state index >= 15 is 0 Å². The maximum absolute atomic E-state index is 12.7. The summed E-state index contributed by atoms with van der Waals surface area (Å²) in [6.07, 6.45) is 0.733. The molecule has 0 spiro atoms. The van der Waals surface area contributed by atoms with Crippen molar-refractivity contribution in [1.29, 1.82) is 0 Å². The normalized spacial score (nSPS) is 10.4. The van der Waals surface area contributed by atoms with E-state index in [-0.39, 0.29) is 19.1 Å². The van der Waals surface area contributed by atoms with Crippen molar-refractivity contribution in [2.45, 2.75) is 6.42 Å². The van der Waals surface area contributed by atoms with Crippen LogP contribution in [0, 0.1) is 0 Å². The molecule has 0 fully saturated rings. The molecule has 1 amide bonds. The second-order valence-electron chi connectivity index (χ2n) is 5.10. The molecule has 1 N–H and O–H groups in total. The Morgan fingerprint density at radius 2 is 1.91 bits per heavy atom. The van der Waals surface area contributed by atoms with E-state index < -0.39 is 0 Å². The minimum absolute atomic E-state index is 0.0781.